The molecule has 0 spiro atoms. The molecule has 9 heteroatoms. The van der Waals surface area contributed by atoms with Gasteiger partial charge in [0.2, 0.25) is 0 Å². The summed E-state index contributed by atoms with van der Waals surface area (Å²) in [4.78, 5) is 19.2. The van der Waals surface area contributed by atoms with Crippen molar-refractivity contribution in [2.24, 2.45) is 11.8 Å². The van der Waals surface area contributed by atoms with E-state index in [9.17, 15) is 18.0 Å². The first-order valence-corrected chi connectivity index (χ1v) is 10.8. The van der Waals surface area contributed by atoms with Gasteiger partial charge in [0.05, 0.1) is 11.8 Å². The van der Waals surface area contributed by atoms with E-state index in [0.717, 1.165) is 43.6 Å². The van der Waals surface area contributed by atoms with Crippen LogP contribution in [0.3, 0.4) is 0 Å². The molecule has 2 aromatic rings. The van der Waals surface area contributed by atoms with Crippen LogP contribution in [0.5, 0.6) is 0 Å². The fourth-order valence-electron chi connectivity index (χ4n) is 5.25. The summed E-state index contributed by atoms with van der Waals surface area (Å²) in [6, 6.07) is 8.12. The molecule has 3 aliphatic heterocycles. The number of anilines is 1. The maximum atomic E-state index is 12.8. The number of likely N-dealkylation sites (tertiary alicyclic amines) is 2. The van der Waals surface area contributed by atoms with Crippen LogP contribution in [0.25, 0.3) is 0 Å². The molecular weight excluding hydrogens is 407 g/mol. The monoisotopic (exact) mass is 433 g/mol. The Morgan fingerprint density at radius 1 is 1.03 bits per heavy atom. The van der Waals surface area contributed by atoms with Crippen LogP contribution in [0, 0.1) is 11.8 Å². The lowest BCUT2D eigenvalue weighted by Gasteiger charge is -2.25. The SMILES string of the molecule is O=C(N1CC2CN(Cc3ccccc3N3CCCC3)CC2C1)n1cc(C(F)(F)F)cn1. The lowest BCUT2D eigenvalue weighted by Crippen LogP contribution is -2.36. The predicted octanol–water partition coefficient (Wildman–Crippen LogP) is 3.53. The Balaban J connectivity index is 1.20. The number of rotatable bonds is 3. The van der Waals surface area contributed by atoms with Crippen molar-refractivity contribution in [3.8, 4) is 0 Å². The van der Waals surface area contributed by atoms with Gasteiger partial charge in [-0.25, -0.2) is 4.79 Å². The Morgan fingerprint density at radius 3 is 2.35 bits per heavy atom. The summed E-state index contributed by atoms with van der Waals surface area (Å²) in [7, 11) is 0. The van der Waals surface area contributed by atoms with Crippen LogP contribution in [0.4, 0.5) is 23.7 Å². The number of aromatic nitrogens is 2. The second-order valence-electron chi connectivity index (χ2n) is 8.90. The van der Waals surface area contributed by atoms with Gasteiger partial charge in [0.1, 0.15) is 0 Å². The highest BCUT2D eigenvalue weighted by molar-refractivity contribution is 5.76. The largest absolute Gasteiger partial charge is 0.419 e. The van der Waals surface area contributed by atoms with E-state index >= 15 is 0 Å². The zero-order valence-corrected chi connectivity index (χ0v) is 17.3. The molecule has 6 nitrogen and oxygen atoms in total. The number of hydrogen-bond acceptors (Lipinski definition) is 4. The second kappa shape index (κ2) is 7.85. The van der Waals surface area contributed by atoms with Crippen LogP contribution < -0.4 is 4.90 Å². The van der Waals surface area contributed by atoms with Crippen molar-refractivity contribution in [1.82, 2.24) is 19.6 Å². The van der Waals surface area contributed by atoms with Crippen LogP contribution in [0.15, 0.2) is 36.7 Å². The van der Waals surface area contributed by atoms with E-state index in [0.29, 0.717) is 31.1 Å². The van der Waals surface area contributed by atoms with Crippen LogP contribution in [0.1, 0.15) is 24.0 Å². The highest BCUT2D eigenvalue weighted by Crippen LogP contribution is 2.34. The molecule has 0 bridgehead atoms. The molecule has 0 radical (unpaired) electrons. The van der Waals surface area contributed by atoms with Crippen molar-refractivity contribution in [3.05, 3.63) is 47.8 Å². The number of carbonyl (C=O) groups excluding carboxylic acids is 1. The number of amides is 1. The molecule has 3 aliphatic rings. The zero-order chi connectivity index (χ0) is 21.6. The minimum absolute atomic E-state index is 0.348. The quantitative estimate of drug-likeness (QED) is 0.743. The average molecular weight is 433 g/mol. The molecule has 2 atom stereocenters. The van der Waals surface area contributed by atoms with E-state index in [2.05, 4.69) is 39.2 Å². The Labute approximate surface area is 179 Å². The topological polar surface area (TPSA) is 44.6 Å². The van der Waals surface area contributed by atoms with Gasteiger partial charge < -0.3 is 9.80 Å². The van der Waals surface area contributed by atoms with Gasteiger partial charge in [-0.05, 0) is 36.3 Å². The number of fused-ring (bicyclic) bond motifs is 1. The first-order chi connectivity index (χ1) is 14.9. The fourth-order valence-corrected chi connectivity index (χ4v) is 5.25. The predicted molar refractivity (Wildman–Crippen MR) is 110 cm³/mol. The van der Waals surface area contributed by atoms with Crippen molar-refractivity contribution < 1.29 is 18.0 Å². The summed E-state index contributed by atoms with van der Waals surface area (Å²) in [5, 5.41) is 3.63. The maximum Gasteiger partial charge on any atom is 0.419 e. The molecule has 166 valence electrons. The van der Waals surface area contributed by atoms with Crippen molar-refractivity contribution in [2.45, 2.75) is 25.6 Å². The van der Waals surface area contributed by atoms with E-state index in [-0.39, 0.29) is 0 Å². The summed E-state index contributed by atoms with van der Waals surface area (Å²) in [6.45, 7) is 6.04. The number of nitrogens with zero attached hydrogens (tertiary/aromatic N) is 5. The molecule has 3 fully saturated rings. The van der Waals surface area contributed by atoms with Gasteiger partial charge in [-0.15, -0.1) is 0 Å². The standard InChI is InChI=1S/C22H26F3N5O/c23-22(24,25)19-9-26-30(15-19)21(31)29-13-17-11-27(12-18(17)14-29)10-16-5-1-2-6-20(16)28-7-3-4-8-28/h1-2,5-6,9,15,17-18H,3-4,7-8,10-14H2. The van der Waals surface area contributed by atoms with Crippen molar-refractivity contribution >= 4 is 11.7 Å². The average Bonchev–Trinajstić information content (AvgIpc) is 3.50. The molecule has 1 aromatic carbocycles. The van der Waals surface area contributed by atoms with Gasteiger partial charge in [-0.2, -0.15) is 23.0 Å². The number of hydrogen-bond donors (Lipinski definition) is 0. The minimum atomic E-state index is -4.49. The van der Waals surface area contributed by atoms with Crippen LogP contribution >= 0.6 is 0 Å². The van der Waals surface area contributed by atoms with Crippen LogP contribution in [-0.4, -0.2) is 64.9 Å². The number of benzene rings is 1. The molecule has 0 N–H and O–H groups in total. The Hall–Kier alpha value is -2.55. The molecule has 0 saturated carbocycles. The van der Waals surface area contributed by atoms with Gasteiger partial charge in [0.25, 0.3) is 0 Å². The van der Waals surface area contributed by atoms with Gasteiger partial charge in [-0.1, -0.05) is 18.2 Å². The highest BCUT2D eigenvalue weighted by Gasteiger charge is 2.42. The number of para-hydroxylation sites is 1. The highest BCUT2D eigenvalue weighted by atomic mass is 19.4. The molecule has 31 heavy (non-hydrogen) atoms. The minimum Gasteiger partial charge on any atom is -0.371 e. The number of alkyl halides is 3. The summed E-state index contributed by atoms with van der Waals surface area (Å²) < 4.78 is 39.2. The molecule has 5 rings (SSSR count). The van der Waals surface area contributed by atoms with Gasteiger partial charge in [0.15, 0.2) is 0 Å². The van der Waals surface area contributed by atoms with Gasteiger partial charge in [-0.3, -0.25) is 4.90 Å². The van der Waals surface area contributed by atoms with Crippen LogP contribution in [-0.2, 0) is 12.7 Å². The smallest absolute Gasteiger partial charge is 0.371 e. The Morgan fingerprint density at radius 2 is 1.71 bits per heavy atom. The lowest BCUT2D eigenvalue weighted by atomic mass is 10.0. The summed E-state index contributed by atoms with van der Waals surface area (Å²) >= 11 is 0. The van der Waals surface area contributed by atoms with E-state index in [4.69, 9.17) is 0 Å². The fraction of sp³-hybridized carbons (Fsp3) is 0.545. The molecular formula is C22H26F3N5O. The van der Waals surface area contributed by atoms with Crippen molar-refractivity contribution in [1.29, 1.82) is 0 Å². The first kappa shape index (κ1) is 20.4. The normalized spacial score (nSPS) is 24.2. The van der Waals surface area contributed by atoms with E-state index in [1.54, 1.807) is 4.90 Å². The lowest BCUT2D eigenvalue weighted by molar-refractivity contribution is -0.137. The molecule has 1 amide bonds. The maximum absolute atomic E-state index is 12.8. The van der Waals surface area contributed by atoms with Crippen molar-refractivity contribution in [3.63, 3.8) is 0 Å². The van der Waals surface area contributed by atoms with E-state index in [1.165, 1.54) is 24.1 Å². The van der Waals surface area contributed by atoms with E-state index < -0.39 is 17.8 Å². The third kappa shape index (κ3) is 4.03. The Kier molecular flexibility index (Phi) is 5.16. The third-order valence-electron chi connectivity index (χ3n) is 6.77. The van der Waals surface area contributed by atoms with Gasteiger partial charge in [0, 0.05) is 57.7 Å². The molecule has 4 heterocycles. The first-order valence-electron chi connectivity index (χ1n) is 10.8. The summed E-state index contributed by atoms with van der Waals surface area (Å²) in [5.74, 6) is 0.695. The second-order valence-corrected chi connectivity index (χ2v) is 8.90. The van der Waals surface area contributed by atoms with Crippen molar-refractivity contribution in [2.75, 3.05) is 44.2 Å². The Bertz CT molecular complexity index is 939. The number of carbonyl (C=O) groups is 1. The van der Waals surface area contributed by atoms with Crippen LogP contribution in [0.2, 0.25) is 0 Å². The third-order valence-corrected chi connectivity index (χ3v) is 6.77. The molecule has 3 saturated heterocycles. The summed E-state index contributed by atoms with van der Waals surface area (Å²) in [6.07, 6.45) is -0.530. The zero-order valence-electron chi connectivity index (χ0n) is 17.3. The molecule has 0 aliphatic carbocycles. The van der Waals surface area contributed by atoms with Gasteiger partial charge >= 0.3 is 12.2 Å². The molecule has 2 unspecified atom stereocenters. The molecule has 1 aromatic heterocycles. The summed E-state index contributed by atoms with van der Waals surface area (Å²) in [5.41, 5.74) is 1.77. The number of halogens is 3. The van der Waals surface area contributed by atoms with E-state index in [1.807, 2.05) is 0 Å².